The van der Waals surface area contributed by atoms with Crippen molar-refractivity contribution in [2.75, 3.05) is 10.6 Å². The molecule has 1 unspecified atom stereocenters. The van der Waals surface area contributed by atoms with Crippen LogP contribution in [0, 0.1) is 12.7 Å². The summed E-state index contributed by atoms with van der Waals surface area (Å²) in [6, 6.07) is 13.5. The molecule has 0 aromatic heterocycles. The van der Waals surface area contributed by atoms with Crippen molar-refractivity contribution in [1.29, 1.82) is 0 Å². The zero-order valence-corrected chi connectivity index (χ0v) is 13.3. The third kappa shape index (κ3) is 3.82. The van der Waals surface area contributed by atoms with E-state index in [1.54, 1.807) is 6.08 Å². The maximum Gasteiger partial charge on any atom is 0.128 e. The number of halogens is 1. The van der Waals surface area contributed by atoms with E-state index < -0.39 is 0 Å². The second-order valence-electron chi connectivity index (χ2n) is 5.03. The zero-order valence-electron chi connectivity index (χ0n) is 12.5. The van der Waals surface area contributed by atoms with Crippen LogP contribution < -0.4 is 4.31 Å². The van der Waals surface area contributed by atoms with Gasteiger partial charge in [0.15, 0.2) is 0 Å². The smallest absolute Gasteiger partial charge is 0.128 e. The van der Waals surface area contributed by atoms with Crippen molar-refractivity contribution < 1.29 is 4.39 Å². The summed E-state index contributed by atoms with van der Waals surface area (Å²) in [5, 5.41) is 0. The van der Waals surface area contributed by atoms with Gasteiger partial charge in [-0.25, -0.2) is 4.39 Å². The summed E-state index contributed by atoms with van der Waals surface area (Å²) in [5.74, 6) is 3.91. The Bertz CT molecular complexity index is 661. The van der Waals surface area contributed by atoms with Crippen LogP contribution in [0.25, 0.3) is 6.08 Å². The Hall–Kier alpha value is -1.87. The third-order valence-electron chi connectivity index (χ3n) is 3.32. The molecule has 0 bridgehead atoms. The maximum absolute atomic E-state index is 14.1. The van der Waals surface area contributed by atoms with E-state index >= 15 is 0 Å². The molecule has 21 heavy (non-hydrogen) atoms. The van der Waals surface area contributed by atoms with Crippen LogP contribution in [0.1, 0.15) is 16.7 Å². The summed E-state index contributed by atoms with van der Waals surface area (Å²) in [6.45, 7) is 6.22. The molecule has 2 aromatic rings. The van der Waals surface area contributed by atoms with E-state index in [-0.39, 0.29) is 16.5 Å². The largest absolute Gasteiger partial charge is 0.318 e. The lowest BCUT2D eigenvalue weighted by atomic mass is 10.1. The SMILES string of the molecule is C=Cc1ccc(CN(c2ccc(C)cc2)S(=C)C)c(F)c1. The minimum atomic E-state index is -0.230. The maximum atomic E-state index is 14.1. The van der Waals surface area contributed by atoms with Crippen LogP contribution in [0.2, 0.25) is 0 Å². The molecule has 0 aliphatic rings. The highest BCUT2D eigenvalue weighted by Crippen LogP contribution is 2.28. The molecule has 0 saturated heterocycles. The fourth-order valence-corrected chi connectivity index (χ4v) is 2.91. The van der Waals surface area contributed by atoms with Gasteiger partial charge in [-0.15, -0.1) is 10.7 Å². The van der Waals surface area contributed by atoms with Crippen molar-refractivity contribution in [1.82, 2.24) is 0 Å². The van der Waals surface area contributed by atoms with E-state index in [2.05, 4.69) is 47.9 Å². The van der Waals surface area contributed by atoms with Gasteiger partial charge in [0.05, 0.1) is 6.54 Å². The van der Waals surface area contributed by atoms with E-state index in [0.717, 1.165) is 11.3 Å². The van der Waals surface area contributed by atoms with Crippen molar-refractivity contribution in [3.8, 4) is 0 Å². The van der Waals surface area contributed by atoms with Crippen LogP contribution in [0.4, 0.5) is 10.1 Å². The number of hydrogen-bond acceptors (Lipinski definition) is 1. The molecule has 1 atom stereocenters. The summed E-state index contributed by atoms with van der Waals surface area (Å²) in [4.78, 5) is 0. The average Bonchev–Trinajstić information content (AvgIpc) is 2.46. The van der Waals surface area contributed by atoms with Crippen LogP contribution in [-0.2, 0) is 6.54 Å². The topological polar surface area (TPSA) is 3.24 Å². The molecule has 2 rings (SSSR count). The lowest BCUT2D eigenvalue weighted by Crippen LogP contribution is -2.16. The predicted octanol–water partition coefficient (Wildman–Crippen LogP) is 5.03. The van der Waals surface area contributed by atoms with E-state index in [1.165, 1.54) is 11.6 Å². The van der Waals surface area contributed by atoms with Crippen LogP contribution in [-0.4, -0.2) is 12.1 Å². The third-order valence-corrected chi connectivity index (χ3v) is 4.42. The van der Waals surface area contributed by atoms with Gasteiger partial charge in [-0.05, 0) is 36.9 Å². The van der Waals surface area contributed by atoms with E-state index in [9.17, 15) is 4.39 Å². The number of benzene rings is 2. The summed E-state index contributed by atoms with van der Waals surface area (Å²) in [6.07, 6.45) is 3.69. The molecule has 0 fully saturated rings. The van der Waals surface area contributed by atoms with E-state index in [4.69, 9.17) is 0 Å². The highest BCUT2D eigenvalue weighted by atomic mass is 32.2. The number of anilines is 1. The highest BCUT2D eigenvalue weighted by Gasteiger charge is 2.11. The van der Waals surface area contributed by atoms with E-state index in [0.29, 0.717) is 12.1 Å². The summed E-state index contributed by atoms with van der Waals surface area (Å²) < 4.78 is 16.3. The van der Waals surface area contributed by atoms with Gasteiger partial charge in [-0.2, -0.15) is 0 Å². The Labute approximate surface area is 128 Å². The number of hydrogen-bond donors (Lipinski definition) is 0. The Morgan fingerprint density at radius 1 is 1.19 bits per heavy atom. The molecule has 2 aromatic carbocycles. The molecule has 0 amide bonds. The molecular formula is C18H20FNS. The van der Waals surface area contributed by atoms with Crippen LogP contribution in [0.15, 0.2) is 49.0 Å². The van der Waals surface area contributed by atoms with Gasteiger partial charge in [0.1, 0.15) is 5.82 Å². The van der Waals surface area contributed by atoms with Crippen molar-refractivity contribution in [2.45, 2.75) is 13.5 Å². The molecule has 0 N–H and O–H groups in total. The fraction of sp³-hybridized carbons (Fsp3) is 0.167. The summed E-state index contributed by atoms with van der Waals surface area (Å²) >= 11 is 0. The van der Waals surface area contributed by atoms with Crippen LogP contribution in [0.3, 0.4) is 0 Å². The molecule has 110 valence electrons. The second kappa shape index (κ2) is 6.72. The Balaban J connectivity index is 2.30. The molecule has 0 aliphatic carbocycles. The Morgan fingerprint density at radius 3 is 2.38 bits per heavy atom. The monoisotopic (exact) mass is 301 g/mol. The van der Waals surface area contributed by atoms with Gasteiger partial charge >= 0.3 is 0 Å². The van der Waals surface area contributed by atoms with Crippen molar-refractivity contribution in [3.05, 3.63) is 71.6 Å². The van der Waals surface area contributed by atoms with Gasteiger partial charge in [0, 0.05) is 11.3 Å². The predicted molar refractivity (Wildman–Crippen MR) is 94.5 cm³/mol. The van der Waals surface area contributed by atoms with Gasteiger partial charge in [0.25, 0.3) is 0 Å². The van der Waals surface area contributed by atoms with Gasteiger partial charge in [0.2, 0.25) is 0 Å². The van der Waals surface area contributed by atoms with Gasteiger partial charge in [-0.1, -0.05) is 48.4 Å². The van der Waals surface area contributed by atoms with Gasteiger partial charge in [-0.3, -0.25) is 0 Å². The van der Waals surface area contributed by atoms with Crippen LogP contribution in [0.5, 0.6) is 0 Å². The quantitative estimate of drug-likeness (QED) is 0.700. The van der Waals surface area contributed by atoms with E-state index in [1.807, 2.05) is 18.4 Å². The molecule has 1 nitrogen and oxygen atoms in total. The average molecular weight is 301 g/mol. The highest BCUT2D eigenvalue weighted by molar-refractivity contribution is 8.14. The zero-order chi connectivity index (χ0) is 15.4. The first-order valence-corrected chi connectivity index (χ1v) is 8.48. The van der Waals surface area contributed by atoms with Crippen molar-refractivity contribution in [3.63, 3.8) is 0 Å². The standard InChI is InChI=1S/C18H20FNS/c1-5-15-8-9-16(18(19)12-15)13-20(21(3)4)17-10-6-14(2)7-11-17/h5-12H,1,3,13H2,2,4H3. The van der Waals surface area contributed by atoms with Crippen molar-refractivity contribution >= 4 is 28.3 Å². The Kier molecular flexibility index (Phi) is 4.97. The molecule has 0 heterocycles. The molecular weight excluding hydrogens is 281 g/mol. The fourth-order valence-electron chi connectivity index (χ4n) is 2.07. The number of rotatable bonds is 5. The van der Waals surface area contributed by atoms with Crippen LogP contribution >= 0.6 is 10.7 Å². The molecule has 0 spiro atoms. The first kappa shape index (κ1) is 15.5. The lowest BCUT2D eigenvalue weighted by Gasteiger charge is -2.26. The molecule has 0 saturated carbocycles. The minimum absolute atomic E-state index is 0.199. The first-order chi connectivity index (χ1) is 10.0. The first-order valence-electron chi connectivity index (χ1n) is 6.72. The Morgan fingerprint density at radius 2 is 1.86 bits per heavy atom. The number of aryl methyl sites for hydroxylation is 1. The molecule has 0 radical (unpaired) electrons. The summed E-state index contributed by atoms with van der Waals surface area (Å²) in [5.41, 5.74) is 3.74. The minimum Gasteiger partial charge on any atom is -0.318 e. The molecule has 3 heteroatoms. The van der Waals surface area contributed by atoms with Gasteiger partial charge < -0.3 is 4.31 Å². The normalized spacial score (nSPS) is 12.0. The second-order valence-corrected chi connectivity index (χ2v) is 6.67. The lowest BCUT2D eigenvalue weighted by molar-refractivity contribution is 0.611. The number of nitrogens with zero attached hydrogens (tertiary/aromatic N) is 1. The molecule has 0 aliphatic heterocycles. The van der Waals surface area contributed by atoms with Crippen molar-refractivity contribution in [2.24, 2.45) is 0 Å². The summed E-state index contributed by atoms with van der Waals surface area (Å²) in [7, 11) is -0.230.